The summed E-state index contributed by atoms with van der Waals surface area (Å²) in [7, 11) is 0. The zero-order valence-corrected chi connectivity index (χ0v) is 7.53. The third-order valence-corrected chi connectivity index (χ3v) is 1.63. The van der Waals surface area contributed by atoms with Gasteiger partial charge in [-0.25, -0.2) is 0 Å². The van der Waals surface area contributed by atoms with Crippen LogP contribution in [0.2, 0.25) is 0 Å². The van der Waals surface area contributed by atoms with Gasteiger partial charge in [0.05, 0.1) is 0 Å². The second-order valence-corrected chi connectivity index (χ2v) is 2.73. The van der Waals surface area contributed by atoms with Gasteiger partial charge in [0.2, 0.25) is 0 Å². The normalized spacial score (nSPS) is 9.38. The lowest BCUT2D eigenvalue weighted by atomic mass is 10.1. The van der Waals surface area contributed by atoms with Gasteiger partial charge in [-0.05, 0) is 30.7 Å². The summed E-state index contributed by atoms with van der Waals surface area (Å²) in [5, 5.41) is 0. The number of esters is 1. The molecule has 0 radical (unpaired) electrons. The Kier molecular flexibility index (Phi) is 2.80. The second kappa shape index (κ2) is 3.85. The number of aldehydes is 1. The van der Waals surface area contributed by atoms with Crippen molar-refractivity contribution < 1.29 is 14.3 Å². The highest BCUT2D eigenvalue weighted by atomic mass is 16.5. The summed E-state index contributed by atoms with van der Waals surface area (Å²) in [6, 6.07) is 4.88. The van der Waals surface area contributed by atoms with E-state index >= 15 is 0 Å². The number of hydrogen-bond donors (Lipinski definition) is 0. The van der Waals surface area contributed by atoms with E-state index in [2.05, 4.69) is 0 Å². The van der Waals surface area contributed by atoms with Crippen molar-refractivity contribution in [1.29, 1.82) is 0 Å². The number of hydrogen-bond acceptors (Lipinski definition) is 3. The minimum absolute atomic E-state index is 0.363. The number of rotatable bonds is 2. The van der Waals surface area contributed by atoms with Gasteiger partial charge < -0.3 is 4.74 Å². The van der Waals surface area contributed by atoms with Crippen molar-refractivity contribution in [2.24, 2.45) is 0 Å². The Morgan fingerprint density at radius 2 is 2.15 bits per heavy atom. The number of ether oxygens (including phenoxy) is 1. The van der Waals surface area contributed by atoms with E-state index < -0.39 is 0 Å². The van der Waals surface area contributed by atoms with Crippen molar-refractivity contribution in [3.8, 4) is 5.75 Å². The third-order valence-electron chi connectivity index (χ3n) is 1.63. The molecule has 3 nitrogen and oxygen atoms in total. The van der Waals surface area contributed by atoms with Crippen molar-refractivity contribution in [2.45, 2.75) is 13.8 Å². The lowest BCUT2D eigenvalue weighted by Crippen LogP contribution is -2.01. The average molecular weight is 178 g/mol. The molecule has 0 saturated carbocycles. The van der Waals surface area contributed by atoms with Gasteiger partial charge in [0.1, 0.15) is 12.0 Å². The van der Waals surface area contributed by atoms with Crippen LogP contribution in [0, 0.1) is 6.92 Å². The number of benzene rings is 1. The van der Waals surface area contributed by atoms with Crippen LogP contribution < -0.4 is 4.74 Å². The molecule has 0 amide bonds. The Balaban J connectivity index is 2.95. The minimum Gasteiger partial charge on any atom is -0.427 e. The van der Waals surface area contributed by atoms with E-state index in [1.165, 1.54) is 6.92 Å². The first-order chi connectivity index (χ1) is 6.13. The van der Waals surface area contributed by atoms with Gasteiger partial charge in [0, 0.05) is 12.5 Å². The SMILES string of the molecule is CC(=O)Oc1ccc(C=O)c(C)c1. The maximum absolute atomic E-state index is 10.6. The molecule has 1 aromatic rings. The summed E-state index contributed by atoms with van der Waals surface area (Å²) in [5.41, 5.74) is 1.41. The van der Waals surface area contributed by atoms with Gasteiger partial charge >= 0.3 is 5.97 Å². The van der Waals surface area contributed by atoms with Gasteiger partial charge in [-0.15, -0.1) is 0 Å². The first-order valence-electron chi connectivity index (χ1n) is 3.87. The summed E-state index contributed by atoms with van der Waals surface area (Å²) >= 11 is 0. The quantitative estimate of drug-likeness (QED) is 0.393. The van der Waals surface area contributed by atoms with Gasteiger partial charge in [-0.3, -0.25) is 9.59 Å². The van der Waals surface area contributed by atoms with E-state index in [-0.39, 0.29) is 5.97 Å². The van der Waals surface area contributed by atoms with Crippen molar-refractivity contribution >= 4 is 12.3 Å². The van der Waals surface area contributed by atoms with Crippen LogP contribution in [-0.2, 0) is 4.79 Å². The van der Waals surface area contributed by atoms with Crippen LogP contribution >= 0.6 is 0 Å². The molecule has 0 unspecified atom stereocenters. The second-order valence-electron chi connectivity index (χ2n) is 2.73. The Morgan fingerprint density at radius 1 is 1.46 bits per heavy atom. The van der Waals surface area contributed by atoms with E-state index in [4.69, 9.17) is 4.74 Å². The minimum atomic E-state index is -0.363. The van der Waals surface area contributed by atoms with E-state index in [1.54, 1.807) is 25.1 Å². The monoisotopic (exact) mass is 178 g/mol. The molecule has 0 bridgehead atoms. The fraction of sp³-hybridized carbons (Fsp3) is 0.200. The van der Waals surface area contributed by atoms with E-state index in [0.29, 0.717) is 11.3 Å². The largest absolute Gasteiger partial charge is 0.427 e. The topological polar surface area (TPSA) is 43.4 Å². The fourth-order valence-electron chi connectivity index (χ4n) is 1.01. The lowest BCUT2D eigenvalue weighted by Gasteiger charge is -2.03. The molecule has 0 saturated heterocycles. The van der Waals surface area contributed by atoms with Crippen molar-refractivity contribution in [3.63, 3.8) is 0 Å². The van der Waals surface area contributed by atoms with Crippen LogP contribution in [0.5, 0.6) is 5.75 Å². The summed E-state index contributed by atoms with van der Waals surface area (Å²) < 4.78 is 4.84. The van der Waals surface area contributed by atoms with Gasteiger partial charge in [-0.2, -0.15) is 0 Å². The molecule has 13 heavy (non-hydrogen) atoms. The molecule has 1 aromatic carbocycles. The first kappa shape index (κ1) is 9.45. The lowest BCUT2D eigenvalue weighted by molar-refractivity contribution is -0.131. The maximum atomic E-state index is 10.6. The highest BCUT2D eigenvalue weighted by molar-refractivity contribution is 5.78. The van der Waals surface area contributed by atoms with E-state index in [9.17, 15) is 9.59 Å². The van der Waals surface area contributed by atoms with Gasteiger partial charge in [0.25, 0.3) is 0 Å². The van der Waals surface area contributed by atoms with Crippen LogP contribution in [0.3, 0.4) is 0 Å². The van der Waals surface area contributed by atoms with Crippen molar-refractivity contribution in [3.05, 3.63) is 29.3 Å². The fourth-order valence-corrected chi connectivity index (χ4v) is 1.01. The summed E-state index contributed by atoms with van der Waals surface area (Å²) in [6.45, 7) is 3.12. The zero-order valence-electron chi connectivity index (χ0n) is 7.53. The molecule has 3 heteroatoms. The summed E-state index contributed by atoms with van der Waals surface area (Å²) in [6.07, 6.45) is 0.771. The predicted molar refractivity (Wildman–Crippen MR) is 47.9 cm³/mol. The predicted octanol–water partition coefficient (Wildman–Crippen LogP) is 1.73. The van der Waals surface area contributed by atoms with Crippen molar-refractivity contribution in [2.75, 3.05) is 0 Å². The van der Waals surface area contributed by atoms with Crippen LogP contribution in [0.15, 0.2) is 18.2 Å². The Bertz CT molecular complexity index is 342. The van der Waals surface area contributed by atoms with Crippen LogP contribution in [-0.4, -0.2) is 12.3 Å². The molecule has 0 aliphatic rings. The highest BCUT2D eigenvalue weighted by Crippen LogP contribution is 2.15. The molecule has 1 rings (SSSR count). The molecule has 0 N–H and O–H groups in total. The Labute approximate surface area is 76.3 Å². The zero-order chi connectivity index (χ0) is 9.84. The van der Waals surface area contributed by atoms with Gasteiger partial charge in [-0.1, -0.05) is 0 Å². The molecule has 0 fully saturated rings. The molecule has 0 heterocycles. The maximum Gasteiger partial charge on any atom is 0.308 e. The van der Waals surface area contributed by atoms with Crippen LogP contribution in [0.1, 0.15) is 22.8 Å². The molecule has 0 aromatic heterocycles. The number of aryl methyl sites for hydroxylation is 1. The molecule has 68 valence electrons. The molecule has 0 aliphatic carbocycles. The smallest absolute Gasteiger partial charge is 0.308 e. The summed E-state index contributed by atoms with van der Waals surface area (Å²) in [4.78, 5) is 21.0. The molecule has 0 spiro atoms. The third kappa shape index (κ3) is 2.40. The molecule has 0 atom stereocenters. The van der Waals surface area contributed by atoms with Crippen LogP contribution in [0.25, 0.3) is 0 Å². The van der Waals surface area contributed by atoms with Crippen LogP contribution in [0.4, 0.5) is 0 Å². The first-order valence-corrected chi connectivity index (χ1v) is 3.87. The van der Waals surface area contributed by atoms with Crippen molar-refractivity contribution in [1.82, 2.24) is 0 Å². The standard InChI is InChI=1S/C10H10O3/c1-7-5-10(13-8(2)12)4-3-9(7)6-11/h3-6H,1-2H3. The highest BCUT2D eigenvalue weighted by Gasteiger charge is 2.01. The average Bonchev–Trinajstić information content (AvgIpc) is 2.03. The molecular formula is C10H10O3. The van der Waals surface area contributed by atoms with E-state index in [1.807, 2.05) is 0 Å². The summed E-state index contributed by atoms with van der Waals surface area (Å²) in [5.74, 6) is 0.105. The molecular weight excluding hydrogens is 168 g/mol. The number of carbonyl (C=O) groups excluding carboxylic acids is 2. The Morgan fingerprint density at radius 3 is 2.62 bits per heavy atom. The number of carbonyl (C=O) groups is 2. The molecule has 0 aliphatic heterocycles. The van der Waals surface area contributed by atoms with E-state index in [0.717, 1.165) is 11.8 Å². The Hall–Kier alpha value is -1.64. The van der Waals surface area contributed by atoms with Gasteiger partial charge in [0.15, 0.2) is 0 Å².